The smallest absolute Gasteiger partial charge is 0.243 e. The summed E-state index contributed by atoms with van der Waals surface area (Å²) < 4.78 is 28.6. The summed E-state index contributed by atoms with van der Waals surface area (Å²) in [5, 5.41) is 7.05. The Bertz CT molecular complexity index is 747. The second kappa shape index (κ2) is 6.98. The topological polar surface area (TPSA) is 80.1 Å². The van der Waals surface area contributed by atoms with Gasteiger partial charge in [0, 0.05) is 44.2 Å². The molecule has 0 atom stereocenters. The van der Waals surface area contributed by atoms with E-state index in [4.69, 9.17) is 0 Å². The van der Waals surface area contributed by atoms with Gasteiger partial charge in [-0.15, -0.1) is 11.3 Å². The summed E-state index contributed by atoms with van der Waals surface area (Å²) in [7, 11) is -3.50. The van der Waals surface area contributed by atoms with Crippen LogP contribution in [0.15, 0.2) is 22.7 Å². The maximum Gasteiger partial charge on any atom is 0.243 e. The van der Waals surface area contributed by atoms with Gasteiger partial charge in [-0.2, -0.15) is 5.10 Å². The molecule has 2 aromatic rings. The van der Waals surface area contributed by atoms with Gasteiger partial charge in [-0.25, -0.2) is 18.1 Å². The first-order valence-corrected chi connectivity index (χ1v) is 10.2. The van der Waals surface area contributed by atoms with E-state index in [1.165, 1.54) is 25.2 Å². The van der Waals surface area contributed by atoms with Crippen LogP contribution in [0.3, 0.4) is 0 Å². The van der Waals surface area contributed by atoms with Crippen molar-refractivity contribution in [2.75, 3.05) is 24.5 Å². The molecule has 3 rings (SSSR count). The van der Waals surface area contributed by atoms with Gasteiger partial charge in [0.15, 0.2) is 5.13 Å². The standard InChI is InChI=1S/C14H21N5O2S2/c1-2-19-10-13(9-15-19)23(20,21)16-6-5-12-11-22-14(17-12)18-7-3-4-8-18/h9-11,16H,2-8H2,1H3. The Morgan fingerprint density at radius 1 is 1.35 bits per heavy atom. The fraction of sp³-hybridized carbons (Fsp3) is 0.571. The third-order valence-electron chi connectivity index (χ3n) is 3.83. The van der Waals surface area contributed by atoms with E-state index in [0.29, 0.717) is 19.5 Å². The lowest BCUT2D eigenvalue weighted by Gasteiger charge is -2.12. The van der Waals surface area contributed by atoms with Crippen molar-refractivity contribution in [3.63, 3.8) is 0 Å². The molecule has 2 aromatic heterocycles. The first-order valence-electron chi connectivity index (χ1n) is 7.80. The molecule has 3 heterocycles. The van der Waals surface area contributed by atoms with Gasteiger partial charge in [0.25, 0.3) is 0 Å². The van der Waals surface area contributed by atoms with E-state index in [2.05, 4.69) is 19.7 Å². The largest absolute Gasteiger partial charge is 0.348 e. The highest BCUT2D eigenvalue weighted by atomic mass is 32.2. The lowest BCUT2D eigenvalue weighted by molar-refractivity contribution is 0.581. The maximum absolute atomic E-state index is 12.2. The average molecular weight is 355 g/mol. The van der Waals surface area contributed by atoms with Crippen LogP contribution in [0.25, 0.3) is 0 Å². The number of anilines is 1. The summed E-state index contributed by atoms with van der Waals surface area (Å²) in [5.74, 6) is 0. The third kappa shape index (κ3) is 3.91. The predicted octanol–water partition coefficient (Wildman–Crippen LogP) is 1.48. The second-order valence-corrected chi connectivity index (χ2v) is 8.10. The molecular formula is C14H21N5O2S2. The molecule has 0 radical (unpaired) electrons. The van der Waals surface area contributed by atoms with E-state index in [0.717, 1.165) is 23.9 Å². The van der Waals surface area contributed by atoms with E-state index in [1.54, 1.807) is 16.0 Å². The molecule has 1 saturated heterocycles. The van der Waals surface area contributed by atoms with Crippen molar-refractivity contribution in [1.82, 2.24) is 19.5 Å². The normalized spacial score (nSPS) is 15.4. The Kier molecular flexibility index (Phi) is 4.98. The third-order valence-corrected chi connectivity index (χ3v) is 6.20. The van der Waals surface area contributed by atoms with Gasteiger partial charge < -0.3 is 4.90 Å². The van der Waals surface area contributed by atoms with Crippen LogP contribution in [0.1, 0.15) is 25.5 Å². The predicted molar refractivity (Wildman–Crippen MR) is 90.4 cm³/mol. The number of aromatic nitrogens is 3. The molecule has 0 aliphatic carbocycles. The highest BCUT2D eigenvalue weighted by Crippen LogP contribution is 2.24. The molecular weight excluding hydrogens is 334 g/mol. The average Bonchev–Trinajstić information content (AvgIpc) is 3.27. The minimum atomic E-state index is -3.50. The van der Waals surface area contributed by atoms with Crippen LogP contribution in [0, 0.1) is 0 Å². The molecule has 0 unspecified atom stereocenters. The monoisotopic (exact) mass is 355 g/mol. The van der Waals surface area contributed by atoms with Crippen molar-refractivity contribution in [2.45, 2.75) is 37.6 Å². The Labute approximate surface area is 140 Å². The lowest BCUT2D eigenvalue weighted by atomic mass is 10.3. The first kappa shape index (κ1) is 16.4. The quantitative estimate of drug-likeness (QED) is 0.814. The number of aryl methyl sites for hydroxylation is 1. The van der Waals surface area contributed by atoms with Crippen LogP contribution >= 0.6 is 11.3 Å². The van der Waals surface area contributed by atoms with Crippen molar-refractivity contribution < 1.29 is 8.42 Å². The van der Waals surface area contributed by atoms with Crippen LogP contribution < -0.4 is 9.62 Å². The van der Waals surface area contributed by atoms with Gasteiger partial charge >= 0.3 is 0 Å². The van der Waals surface area contributed by atoms with E-state index in [9.17, 15) is 8.42 Å². The molecule has 23 heavy (non-hydrogen) atoms. The SMILES string of the molecule is CCn1cc(S(=O)(=O)NCCc2csc(N3CCCC3)n2)cn1. The number of sulfonamides is 1. The molecule has 7 nitrogen and oxygen atoms in total. The molecule has 0 spiro atoms. The first-order chi connectivity index (χ1) is 11.1. The molecule has 0 aromatic carbocycles. The van der Waals surface area contributed by atoms with Crippen molar-refractivity contribution in [1.29, 1.82) is 0 Å². The summed E-state index contributed by atoms with van der Waals surface area (Å²) in [4.78, 5) is 7.09. The van der Waals surface area contributed by atoms with E-state index in [1.807, 2.05) is 12.3 Å². The highest BCUT2D eigenvalue weighted by Gasteiger charge is 2.17. The van der Waals surface area contributed by atoms with Gasteiger partial charge in [-0.1, -0.05) is 0 Å². The number of nitrogens with one attached hydrogen (secondary N) is 1. The van der Waals surface area contributed by atoms with Crippen LogP contribution in [-0.2, 0) is 23.0 Å². The Hall–Kier alpha value is -1.45. The Morgan fingerprint density at radius 2 is 2.13 bits per heavy atom. The van der Waals surface area contributed by atoms with Crippen molar-refractivity contribution in [3.05, 3.63) is 23.5 Å². The molecule has 0 amide bonds. The van der Waals surface area contributed by atoms with Gasteiger partial charge in [0.2, 0.25) is 10.0 Å². The summed E-state index contributed by atoms with van der Waals surface area (Å²) in [6.45, 7) is 5.04. The van der Waals surface area contributed by atoms with Gasteiger partial charge in [-0.05, 0) is 19.8 Å². The van der Waals surface area contributed by atoms with E-state index >= 15 is 0 Å². The lowest BCUT2D eigenvalue weighted by Crippen LogP contribution is -2.25. The molecule has 126 valence electrons. The zero-order valence-corrected chi connectivity index (χ0v) is 14.7. The van der Waals surface area contributed by atoms with Crippen LogP contribution in [0.2, 0.25) is 0 Å². The zero-order valence-electron chi connectivity index (χ0n) is 13.1. The molecule has 1 N–H and O–H groups in total. The fourth-order valence-electron chi connectivity index (χ4n) is 2.52. The molecule has 1 aliphatic rings. The summed E-state index contributed by atoms with van der Waals surface area (Å²) in [6, 6.07) is 0. The molecule has 1 aliphatic heterocycles. The van der Waals surface area contributed by atoms with Crippen LogP contribution in [-0.4, -0.2) is 42.8 Å². The number of hydrogen-bond donors (Lipinski definition) is 1. The van der Waals surface area contributed by atoms with Crippen molar-refractivity contribution in [2.24, 2.45) is 0 Å². The minimum Gasteiger partial charge on any atom is -0.348 e. The van der Waals surface area contributed by atoms with E-state index < -0.39 is 10.0 Å². The number of hydrogen-bond acceptors (Lipinski definition) is 6. The fourth-order valence-corrected chi connectivity index (χ4v) is 4.42. The summed E-state index contributed by atoms with van der Waals surface area (Å²) in [5.41, 5.74) is 0.934. The molecule has 9 heteroatoms. The van der Waals surface area contributed by atoms with Crippen molar-refractivity contribution in [3.8, 4) is 0 Å². The van der Waals surface area contributed by atoms with Gasteiger partial charge in [0.05, 0.1) is 11.9 Å². The summed E-state index contributed by atoms with van der Waals surface area (Å²) in [6.07, 6.45) is 5.95. The maximum atomic E-state index is 12.2. The number of thiazole rings is 1. The molecule has 1 fully saturated rings. The van der Waals surface area contributed by atoms with Crippen molar-refractivity contribution >= 4 is 26.5 Å². The van der Waals surface area contributed by atoms with Crippen LogP contribution in [0.5, 0.6) is 0 Å². The second-order valence-electron chi connectivity index (χ2n) is 5.50. The minimum absolute atomic E-state index is 0.204. The Morgan fingerprint density at radius 3 is 2.83 bits per heavy atom. The van der Waals surface area contributed by atoms with Gasteiger partial charge in [-0.3, -0.25) is 4.68 Å². The zero-order chi connectivity index (χ0) is 16.3. The Balaban J connectivity index is 1.54. The van der Waals surface area contributed by atoms with Crippen LogP contribution in [0.4, 0.5) is 5.13 Å². The molecule has 0 bridgehead atoms. The van der Waals surface area contributed by atoms with Gasteiger partial charge in [0.1, 0.15) is 4.90 Å². The van der Waals surface area contributed by atoms with E-state index in [-0.39, 0.29) is 4.90 Å². The number of rotatable bonds is 7. The molecule has 0 saturated carbocycles. The number of nitrogens with zero attached hydrogens (tertiary/aromatic N) is 4. The summed E-state index contributed by atoms with van der Waals surface area (Å²) >= 11 is 1.63. The highest BCUT2D eigenvalue weighted by molar-refractivity contribution is 7.89.